The number of aliphatic hydroxyl groups excluding tert-OH is 1. The number of hydrogen-bond acceptors (Lipinski definition) is 1. The molecule has 0 saturated heterocycles. The van der Waals surface area contributed by atoms with Crippen LogP contribution in [0.15, 0.2) is 23.8 Å². The van der Waals surface area contributed by atoms with Crippen molar-refractivity contribution in [2.75, 3.05) is 0 Å². The van der Waals surface area contributed by atoms with Gasteiger partial charge in [-0.05, 0) is 98.7 Å². The zero-order chi connectivity index (χ0) is 17.8. The quantitative estimate of drug-likeness (QED) is 0.598. The number of fused-ring (bicyclic) bond motifs is 5. The molecule has 0 radical (unpaired) electrons. The van der Waals surface area contributed by atoms with Crippen molar-refractivity contribution in [3.63, 3.8) is 0 Å². The molecule has 0 aromatic heterocycles. The Balaban J connectivity index is 1.62. The van der Waals surface area contributed by atoms with Crippen LogP contribution < -0.4 is 0 Å². The smallest absolute Gasteiger partial charge is 0.0577 e. The van der Waals surface area contributed by atoms with E-state index in [2.05, 4.69) is 45.9 Å². The van der Waals surface area contributed by atoms with E-state index in [1.807, 2.05) is 0 Å². The van der Waals surface area contributed by atoms with Gasteiger partial charge in [-0.1, -0.05) is 44.6 Å². The zero-order valence-electron chi connectivity index (χ0n) is 16.8. The van der Waals surface area contributed by atoms with Crippen LogP contribution in [0.5, 0.6) is 0 Å². The molecule has 0 spiro atoms. The largest absolute Gasteiger partial charge is 0.393 e. The second kappa shape index (κ2) is 6.25. The summed E-state index contributed by atoms with van der Waals surface area (Å²) < 4.78 is 0. The maximum absolute atomic E-state index is 10.1. The Morgan fingerprint density at radius 2 is 1.92 bits per heavy atom. The van der Waals surface area contributed by atoms with Gasteiger partial charge in [0.1, 0.15) is 0 Å². The van der Waals surface area contributed by atoms with Crippen molar-refractivity contribution in [1.82, 2.24) is 0 Å². The lowest BCUT2D eigenvalue weighted by Gasteiger charge is -2.58. The summed E-state index contributed by atoms with van der Waals surface area (Å²) in [6.45, 7) is 9.80. The number of allylic oxidation sites excluding steroid dienone is 3. The lowest BCUT2D eigenvalue weighted by atomic mass is 9.47. The average molecular weight is 343 g/mol. The number of rotatable bonds is 2. The molecule has 25 heavy (non-hydrogen) atoms. The molecule has 1 N–H and O–H groups in total. The van der Waals surface area contributed by atoms with Gasteiger partial charge in [-0.15, -0.1) is 0 Å². The van der Waals surface area contributed by atoms with Crippen LogP contribution in [-0.4, -0.2) is 11.2 Å². The second-order valence-electron chi connectivity index (χ2n) is 10.3. The summed E-state index contributed by atoms with van der Waals surface area (Å²) >= 11 is 0. The van der Waals surface area contributed by atoms with Gasteiger partial charge < -0.3 is 5.11 Å². The van der Waals surface area contributed by atoms with Gasteiger partial charge in [-0.2, -0.15) is 0 Å². The molecule has 8 atom stereocenters. The van der Waals surface area contributed by atoms with E-state index in [0.29, 0.717) is 10.8 Å². The SMILES string of the molecule is C/C=C/C(C)C1CCC2C3CC=C4CC(O)CCC4(C)C3CCC12C. The Hall–Kier alpha value is -0.560. The molecule has 0 bridgehead atoms. The van der Waals surface area contributed by atoms with Crippen molar-refractivity contribution in [3.8, 4) is 0 Å². The molecule has 0 heterocycles. The van der Waals surface area contributed by atoms with E-state index in [9.17, 15) is 5.11 Å². The van der Waals surface area contributed by atoms with E-state index >= 15 is 0 Å². The second-order valence-corrected chi connectivity index (χ2v) is 10.3. The molecule has 0 amide bonds. The lowest BCUT2D eigenvalue weighted by Crippen LogP contribution is -2.50. The fourth-order valence-electron chi connectivity index (χ4n) is 7.98. The van der Waals surface area contributed by atoms with Crippen molar-refractivity contribution < 1.29 is 5.11 Å². The van der Waals surface area contributed by atoms with Gasteiger partial charge in [-0.3, -0.25) is 0 Å². The molecule has 0 aromatic rings. The highest BCUT2D eigenvalue weighted by atomic mass is 16.3. The normalized spacial score (nSPS) is 50.8. The zero-order valence-corrected chi connectivity index (χ0v) is 16.8. The summed E-state index contributed by atoms with van der Waals surface area (Å²) in [6.07, 6.45) is 17.4. The molecule has 0 aromatic carbocycles. The van der Waals surface area contributed by atoms with E-state index in [0.717, 1.165) is 42.4 Å². The molecular formula is C24H38O. The van der Waals surface area contributed by atoms with Crippen LogP contribution in [0.25, 0.3) is 0 Å². The average Bonchev–Trinajstić information content (AvgIpc) is 2.93. The Morgan fingerprint density at radius 3 is 2.68 bits per heavy atom. The standard InChI is InChI=1S/C24H38O/c1-5-6-16(2)20-9-10-21-19-8-7-17-15-18(25)11-13-23(17,3)22(19)12-14-24(20,21)4/h5-7,16,18-22,25H,8-15H2,1-4H3/b6-5+. The van der Waals surface area contributed by atoms with Gasteiger partial charge in [-0.25, -0.2) is 0 Å². The molecular weight excluding hydrogens is 304 g/mol. The van der Waals surface area contributed by atoms with Crippen molar-refractivity contribution >= 4 is 0 Å². The summed E-state index contributed by atoms with van der Waals surface area (Å²) in [7, 11) is 0. The molecule has 1 nitrogen and oxygen atoms in total. The van der Waals surface area contributed by atoms with E-state index in [1.165, 1.54) is 38.5 Å². The molecule has 4 aliphatic rings. The molecule has 3 fully saturated rings. The van der Waals surface area contributed by atoms with Gasteiger partial charge in [0, 0.05) is 0 Å². The van der Waals surface area contributed by atoms with E-state index < -0.39 is 0 Å². The highest BCUT2D eigenvalue weighted by Gasteiger charge is 2.58. The van der Waals surface area contributed by atoms with E-state index in [1.54, 1.807) is 5.57 Å². The Morgan fingerprint density at radius 1 is 1.12 bits per heavy atom. The Bertz CT molecular complexity index is 575. The summed E-state index contributed by atoms with van der Waals surface area (Å²) in [6, 6.07) is 0. The Kier molecular flexibility index (Phi) is 4.46. The molecule has 8 unspecified atom stereocenters. The first-order valence-electron chi connectivity index (χ1n) is 10.9. The summed E-state index contributed by atoms with van der Waals surface area (Å²) in [4.78, 5) is 0. The van der Waals surface area contributed by atoms with Crippen molar-refractivity contribution in [2.24, 2.45) is 40.4 Å². The first-order chi connectivity index (χ1) is 11.9. The minimum absolute atomic E-state index is 0.0812. The predicted octanol–water partition coefficient (Wildman–Crippen LogP) is 6.14. The van der Waals surface area contributed by atoms with Gasteiger partial charge in [0.2, 0.25) is 0 Å². The number of aliphatic hydroxyl groups is 1. The third kappa shape index (κ3) is 2.59. The molecule has 1 heteroatoms. The predicted molar refractivity (Wildman–Crippen MR) is 105 cm³/mol. The van der Waals surface area contributed by atoms with Crippen molar-refractivity contribution in [3.05, 3.63) is 23.8 Å². The molecule has 4 rings (SSSR count). The third-order valence-corrected chi connectivity index (χ3v) is 9.28. The summed E-state index contributed by atoms with van der Waals surface area (Å²) in [5, 5.41) is 10.1. The lowest BCUT2D eigenvalue weighted by molar-refractivity contribution is -0.0540. The highest BCUT2D eigenvalue weighted by Crippen LogP contribution is 2.67. The highest BCUT2D eigenvalue weighted by molar-refractivity contribution is 5.25. The van der Waals surface area contributed by atoms with E-state index in [4.69, 9.17) is 0 Å². The third-order valence-electron chi connectivity index (χ3n) is 9.28. The van der Waals surface area contributed by atoms with Crippen LogP contribution >= 0.6 is 0 Å². The maximum atomic E-state index is 10.1. The molecule has 0 aliphatic heterocycles. The van der Waals surface area contributed by atoms with Crippen LogP contribution in [0.1, 0.15) is 79.1 Å². The monoisotopic (exact) mass is 342 g/mol. The maximum Gasteiger partial charge on any atom is 0.0577 e. The fourth-order valence-corrected chi connectivity index (χ4v) is 7.98. The van der Waals surface area contributed by atoms with Crippen molar-refractivity contribution in [2.45, 2.75) is 85.2 Å². The number of hydrogen-bond donors (Lipinski definition) is 1. The minimum atomic E-state index is -0.0812. The topological polar surface area (TPSA) is 20.2 Å². The minimum Gasteiger partial charge on any atom is -0.393 e. The van der Waals surface area contributed by atoms with Crippen LogP contribution in [0.3, 0.4) is 0 Å². The first kappa shape index (κ1) is 17.8. The fraction of sp³-hybridized carbons (Fsp3) is 0.833. The van der Waals surface area contributed by atoms with Gasteiger partial charge in [0.25, 0.3) is 0 Å². The van der Waals surface area contributed by atoms with Crippen molar-refractivity contribution in [1.29, 1.82) is 0 Å². The molecule has 140 valence electrons. The Labute approximate surface area is 155 Å². The van der Waals surface area contributed by atoms with Crippen LogP contribution in [-0.2, 0) is 0 Å². The molecule has 4 aliphatic carbocycles. The summed E-state index contributed by atoms with van der Waals surface area (Å²) in [5.74, 6) is 4.29. The van der Waals surface area contributed by atoms with Gasteiger partial charge in [0.05, 0.1) is 6.10 Å². The summed E-state index contributed by atoms with van der Waals surface area (Å²) in [5.41, 5.74) is 2.54. The van der Waals surface area contributed by atoms with Crippen LogP contribution in [0, 0.1) is 40.4 Å². The molecule has 3 saturated carbocycles. The van der Waals surface area contributed by atoms with Gasteiger partial charge in [0.15, 0.2) is 0 Å². The van der Waals surface area contributed by atoms with Gasteiger partial charge >= 0.3 is 0 Å². The van der Waals surface area contributed by atoms with E-state index in [-0.39, 0.29) is 6.10 Å². The first-order valence-corrected chi connectivity index (χ1v) is 10.9. The van der Waals surface area contributed by atoms with Crippen LogP contribution in [0.2, 0.25) is 0 Å². The van der Waals surface area contributed by atoms with Crippen LogP contribution in [0.4, 0.5) is 0 Å².